The number of ether oxygens (including phenoxy) is 2. The Kier molecular flexibility index (Phi) is 8.14. The fourth-order valence-electron chi connectivity index (χ4n) is 2.99. The van der Waals surface area contributed by atoms with Crippen LogP contribution in [0.25, 0.3) is 0 Å². The smallest absolute Gasteiger partial charge is 0.191 e. The maximum atomic E-state index is 5.75. The molecule has 1 aromatic heterocycles. The van der Waals surface area contributed by atoms with Crippen molar-refractivity contribution in [3.63, 3.8) is 0 Å². The van der Waals surface area contributed by atoms with E-state index in [-0.39, 0.29) is 0 Å². The summed E-state index contributed by atoms with van der Waals surface area (Å²) in [6.07, 6.45) is 4.63. The summed E-state index contributed by atoms with van der Waals surface area (Å²) >= 11 is 0. The zero-order valence-electron chi connectivity index (χ0n) is 17.5. The Morgan fingerprint density at radius 1 is 1.00 bits per heavy atom. The molecule has 1 heterocycles. The number of methoxy groups -OCH3 is 1. The normalized spacial score (nSPS) is 11.2. The van der Waals surface area contributed by atoms with Crippen molar-refractivity contribution in [1.82, 2.24) is 20.4 Å². The predicted molar refractivity (Wildman–Crippen MR) is 119 cm³/mol. The molecule has 0 saturated carbocycles. The maximum Gasteiger partial charge on any atom is 0.191 e. The second kappa shape index (κ2) is 11.5. The van der Waals surface area contributed by atoms with Crippen LogP contribution in [0, 0.1) is 0 Å². The molecule has 0 amide bonds. The van der Waals surface area contributed by atoms with Gasteiger partial charge in [-0.25, -0.2) is 0 Å². The van der Waals surface area contributed by atoms with Gasteiger partial charge < -0.3 is 20.1 Å². The van der Waals surface area contributed by atoms with Crippen LogP contribution in [0.4, 0.5) is 0 Å². The molecule has 2 aromatic carbocycles. The monoisotopic (exact) mass is 407 g/mol. The molecular weight excluding hydrogens is 378 g/mol. The molecule has 0 radical (unpaired) electrons. The van der Waals surface area contributed by atoms with Crippen LogP contribution in [0.1, 0.15) is 17.5 Å². The van der Waals surface area contributed by atoms with Gasteiger partial charge >= 0.3 is 0 Å². The molecule has 3 rings (SSSR count). The molecule has 0 aliphatic rings. The van der Waals surface area contributed by atoms with Gasteiger partial charge in [-0.15, -0.1) is 0 Å². The minimum Gasteiger partial charge on any atom is -0.497 e. The summed E-state index contributed by atoms with van der Waals surface area (Å²) in [6.45, 7) is 2.84. The van der Waals surface area contributed by atoms with Gasteiger partial charge in [-0.3, -0.25) is 9.67 Å². The van der Waals surface area contributed by atoms with E-state index in [1.165, 1.54) is 11.1 Å². The lowest BCUT2D eigenvalue weighted by molar-refractivity contribution is 0.310. The summed E-state index contributed by atoms with van der Waals surface area (Å²) in [6, 6.07) is 17.9. The lowest BCUT2D eigenvalue weighted by Crippen LogP contribution is -2.37. The lowest BCUT2D eigenvalue weighted by Gasteiger charge is -2.14. The second-order valence-electron chi connectivity index (χ2n) is 6.70. The van der Waals surface area contributed by atoms with E-state index >= 15 is 0 Å². The van der Waals surface area contributed by atoms with Crippen LogP contribution in [-0.4, -0.2) is 43.0 Å². The molecule has 0 atom stereocenters. The Hall–Kier alpha value is -3.48. The van der Waals surface area contributed by atoms with E-state index in [0.717, 1.165) is 37.0 Å². The predicted octanol–water partition coefficient (Wildman–Crippen LogP) is 3.07. The Balaban J connectivity index is 1.39. The van der Waals surface area contributed by atoms with Crippen LogP contribution in [0.15, 0.2) is 72.0 Å². The first-order valence-corrected chi connectivity index (χ1v) is 10.0. The van der Waals surface area contributed by atoms with Gasteiger partial charge in [0.05, 0.1) is 20.3 Å². The molecule has 0 aliphatic carbocycles. The third-order valence-corrected chi connectivity index (χ3v) is 4.62. The average molecular weight is 408 g/mol. The van der Waals surface area contributed by atoms with E-state index in [4.69, 9.17) is 9.47 Å². The summed E-state index contributed by atoms with van der Waals surface area (Å²) in [7, 11) is 3.43. The van der Waals surface area contributed by atoms with Crippen molar-refractivity contribution in [2.75, 3.05) is 27.3 Å². The highest BCUT2D eigenvalue weighted by atomic mass is 16.5. The van der Waals surface area contributed by atoms with E-state index in [2.05, 4.69) is 45.0 Å². The molecule has 2 N–H and O–H groups in total. The van der Waals surface area contributed by atoms with Crippen LogP contribution in [-0.2, 0) is 13.1 Å². The van der Waals surface area contributed by atoms with Crippen LogP contribution in [0.2, 0.25) is 0 Å². The van der Waals surface area contributed by atoms with Gasteiger partial charge in [0.1, 0.15) is 11.5 Å². The van der Waals surface area contributed by atoms with Crippen molar-refractivity contribution >= 4 is 5.96 Å². The first kappa shape index (κ1) is 21.2. The highest BCUT2D eigenvalue weighted by molar-refractivity contribution is 5.79. The van der Waals surface area contributed by atoms with Crippen molar-refractivity contribution in [1.29, 1.82) is 0 Å². The summed E-state index contributed by atoms with van der Waals surface area (Å²) < 4.78 is 12.8. The molecule has 0 aliphatic heterocycles. The Morgan fingerprint density at radius 3 is 2.47 bits per heavy atom. The van der Waals surface area contributed by atoms with Crippen LogP contribution in [0.3, 0.4) is 0 Å². The van der Waals surface area contributed by atoms with E-state index in [1.54, 1.807) is 20.4 Å². The number of benzene rings is 2. The molecule has 7 heteroatoms. The van der Waals surface area contributed by atoms with Gasteiger partial charge in [0, 0.05) is 32.5 Å². The number of aromatic nitrogens is 2. The molecule has 7 nitrogen and oxygen atoms in total. The van der Waals surface area contributed by atoms with Crippen LogP contribution >= 0.6 is 0 Å². The highest BCUT2D eigenvalue weighted by Gasteiger charge is 2.05. The first-order valence-electron chi connectivity index (χ1n) is 10.0. The Bertz CT molecular complexity index is 908. The first-order chi connectivity index (χ1) is 14.8. The lowest BCUT2D eigenvalue weighted by atomic mass is 10.1. The van der Waals surface area contributed by atoms with Gasteiger partial charge in [-0.1, -0.05) is 24.3 Å². The summed E-state index contributed by atoms with van der Waals surface area (Å²) in [5, 5.41) is 11.0. The fraction of sp³-hybridized carbons (Fsp3) is 0.304. The van der Waals surface area contributed by atoms with Crippen LogP contribution < -0.4 is 20.1 Å². The van der Waals surface area contributed by atoms with Crippen molar-refractivity contribution in [2.45, 2.75) is 19.5 Å². The van der Waals surface area contributed by atoms with Gasteiger partial charge in [-0.05, 0) is 47.9 Å². The summed E-state index contributed by atoms with van der Waals surface area (Å²) in [5.74, 6) is 2.44. The second-order valence-corrected chi connectivity index (χ2v) is 6.70. The molecule has 0 fully saturated rings. The average Bonchev–Trinajstić information content (AvgIpc) is 3.30. The molecule has 0 unspecified atom stereocenters. The van der Waals surface area contributed by atoms with Gasteiger partial charge in [0.15, 0.2) is 5.96 Å². The summed E-state index contributed by atoms with van der Waals surface area (Å²) in [5.41, 5.74) is 2.45. The summed E-state index contributed by atoms with van der Waals surface area (Å²) in [4.78, 5) is 4.31. The third kappa shape index (κ3) is 6.55. The number of guanidine groups is 1. The zero-order valence-corrected chi connectivity index (χ0v) is 17.5. The number of hydrogen-bond acceptors (Lipinski definition) is 4. The molecule has 158 valence electrons. The largest absolute Gasteiger partial charge is 0.497 e. The maximum absolute atomic E-state index is 5.75. The van der Waals surface area contributed by atoms with Gasteiger partial charge in [0.2, 0.25) is 0 Å². The Labute approximate surface area is 177 Å². The molecule has 3 aromatic rings. The Morgan fingerprint density at radius 2 is 1.77 bits per heavy atom. The standard InChI is InChI=1S/C23H29N5O2/c1-24-23(25-13-6-16-30-22-11-9-21(29-2)10-12-22)26-17-19-7-3-4-8-20(19)18-28-15-5-14-27-28/h3-5,7-12,14-15H,6,13,16-18H2,1-2H3,(H2,24,25,26). The minimum absolute atomic E-state index is 0.628. The zero-order chi connectivity index (χ0) is 21.0. The number of nitrogens with one attached hydrogen (secondary N) is 2. The highest BCUT2D eigenvalue weighted by Crippen LogP contribution is 2.17. The molecule has 0 saturated heterocycles. The number of hydrogen-bond donors (Lipinski definition) is 2. The van der Waals surface area contributed by atoms with Gasteiger partial charge in [-0.2, -0.15) is 5.10 Å². The number of rotatable bonds is 10. The molecule has 0 spiro atoms. The van der Waals surface area contributed by atoms with Crippen molar-refractivity contribution in [3.05, 3.63) is 78.1 Å². The van der Waals surface area contributed by atoms with E-state index in [0.29, 0.717) is 13.2 Å². The minimum atomic E-state index is 0.628. The van der Waals surface area contributed by atoms with E-state index < -0.39 is 0 Å². The molecule has 0 bridgehead atoms. The molecular formula is C23H29N5O2. The number of aliphatic imine (C=N–C) groups is 1. The topological polar surface area (TPSA) is 72.7 Å². The van der Waals surface area contributed by atoms with Crippen molar-refractivity contribution in [2.24, 2.45) is 4.99 Å². The van der Waals surface area contributed by atoms with Crippen molar-refractivity contribution in [3.8, 4) is 11.5 Å². The van der Waals surface area contributed by atoms with Crippen molar-refractivity contribution < 1.29 is 9.47 Å². The third-order valence-electron chi connectivity index (χ3n) is 4.62. The van der Waals surface area contributed by atoms with E-state index in [9.17, 15) is 0 Å². The van der Waals surface area contributed by atoms with Crippen LogP contribution in [0.5, 0.6) is 11.5 Å². The fourth-order valence-corrected chi connectivity index (χ4v) is 2.99. The quantitative estimate of drug-likeness (QED) is 0.307. The van der Waals surface area contributed by atoms with Gasteiger partial charge in [0.25, 0.3) is 0 Å². The SMILES string of the molecule is CN=C(NCCCOc1ccc(OC)cc1)NCc1ccccc1Cn1cccn1. The molecule has 30 heavy (non-hydrogen) atoms. The number of nitrogens with zero attached hydrogens (tertiary/aromatic N) is 3. The van der Waals surface area contributed by atoms with E-state index in [1.807, 2.05) is 41.2 Å².